The van der Waals surface area contributed by atoms with E-state index in [9.17, 15) is 9.18 Å². The van der Waals surface area contributed by atoms with Crippen molar-refractivity contribution in [3.8, 4) is 5.75 Å². The fourth-order valence-electron chi connectivity index (χ4n) is 7.75. The number of hydrogen-bond acceptors (Lipinski definition) is 5. The molecular formula is C44H50Cl2FN5O3. The number of nitrogens with zero attached hydrogens (tertiary/aromatic N) is 4. The second-order valence-electron chi connectivity index (χ2n) is 15.9. The molecule has 6 rings (SSSR count). The molecule has 2 aliphatic heterocycles. The minimum absolute atomic E-state index is 0.0798. The van der Waals surface area contributed by atoms with Crippen molar-refractivity contribution in [2.75, 3.05) is 19.7 Å². The highest BCUT2D eigenvalue weighted by molar-refractivity contribution is 6.30. The molecule has 0 spiro atoms. The number of rotatable bonds is 9. The molecule has 1 aromatic heterocycles. The maximum atomic E-state index is 15.3. The van der Waals surface area contributed by atoms with Crippen molar-refractivity contribution in [2.45, 2.75) is 90.3 Å². The molecular weight excluding hydrogens is 736 g/mol. The molecule has 0 unspecified atom stereocenters. The summed E-state index contributed by atoms with van der Waals surface area (Å²) in [6, 6.07) is 22.9. The van der Waals surface area contributed by atoms with Crippen molar-refractivity contribution in [1.29, 1.82) is 0 Å². The highest BCUT2D eigenvalue weighted by Crippen LogP contribution is 2.54. The Balaban J connectivity index is 1.37. The summed E-state index contributed by atoms with van der Waals surface area (Å²) in [5, 5.41) is 4.19. The summed E-state index contributed by atoms with van der Waals surface area (Å²) in [5.41, 5.74) is 1.58. The van der Waals surface area contributed by atoms with Crippen molar-refractivity contribution in [3.63, 3.8) is 0 Å². The standard InChI is InChI=1S/C44H50Cl2FN5O3/c1-8-55-37-26-38(42(3,4)5)48-27-36(37)40-50-43(6,31-12-16-33(45)17-13-31)44(7,32-14-18-34(46)19-15-32)52(40)41(54)51-22-20-29(21-23-51)24-39(53)49-28(2)30-10-9-11-35(47)25-30/h9-19,25-29H,8,20-24H2,1-7H3,(H,49,53)/t28-,43-,44+/m0/s1. The van der Waals surface area contributed by atoms with E-state index in [2.05, 4.69) is 26.1 Å². The lowest BCUT2D eigenvalue weighted by molar-refractivity contribution is -0.123. The van der Waals surface area contributed by atoms with Gasteiger partial charge < -0.3 is 15.0 Å². The Kier molecular flexibility index (Phi) is 11.7. The van der Waals surface area contributed by atoms with E-state index in [4.69, 9.17) is 37.9 Å². The van der Waals surface area contributed by atoms with E-state index in [-0.39, 0.29) is 35.1 Å². The van der Waals surface area contributed by atoms with E-state index >= 15 is 4.79 Å². The van der Waals surface area contributed by atoms with Gasteiger partial charge in [-0.15, -0.1) is 0 Å². The quantitative estimate of drug-likeness (QED) is 0.183. The zero-order valence-corrected chi connectivity index (χ0v) is 34.1. The van der Waals surface area contributed by atoms with Crippen molar-refractivity contribution < 1.29 is 18.7 Å². The number of ether oxygens (including phenoxy) is 1. The average molecular weight is 787 g/mol. The van der Waals surface area contributed by atoms with Crippen LogP contribution in [0.25, 0.3) is 0 Å². The third-order valence-electron chi connectivity index (χ3n) is 11.2. The van der Waals surface area contributed by atoms with E-state index in [0.717, 1.165) is 16.8 Å². The van der Waals surface area contributed by atoms with E-state index in [0.29, 0.717) is 71.7 Å². The van der Waals surface area contributed by atoms with Gasteiger partial charge in [-0.05, 0) is 99.5 Å². The van der Waals surface area contributed by atoms with Gasteiger partial charge in [0.1, 0.15) is 28.5 Å². The molecule has 2 aliphatic rings. The second kappa shape index (κ2) is 15.9. The number of pyridine rings is 1. The van der Waals surface area contributed by atoms with E-state index in [1.54, 1.807) is 18.3 Å². The predicted octanol–water partition coefficient (Wildman–Crippen LogP) is 10.2. The number of urea groups is 1. The molecule has 3 aromatic carbocycles. The van der Waals surface area contributed by atoms with Crippen LogP contribution in [0.3, 0.4) is 0 Å². The Bertz CT molecular complexity index is 2060. The Labute approximate surface area is 334 Å². The van der Waals surface area contributed by atoms with Crippen LogP contribution in [0.1, 0.15) is 102 Å². The van der Waals surface area contributed by atoms with Crippen LogP contribution in [-0.4, -0.2) is 52.3 Å². The maximum Gasteiger partial charge on any atom is 0.326 e. The summed E-state index contributed by atoms with van der Waals surface area (Å²) < 4.78 is 20.1. The average Bonchev–Trinajstić information content (AvgIpc) is 3.39. The van der Waals surface area contributed by atoms with E-state index in [1.807, 2.05) is 92.1 Å². The van der Waals surface area contributed by atoms with Crippen LogP contribution in [0.2, 0.25) is 10.0 Å². The first-order chi connectivity index (χ1) is 26.0. The van der Waals surface area contributed by atoms with Gasteiger partial charge in [0.05, 0.1) is 18.2 Å². The normalized spacial score (nSPS) is 20.9. The number of hydrogen-bond donors (Lipinski definition) is 1. The van der Waals surface area contributed by atoms with E-state index in [1.165, 1.54) is 12.1 Å². The first-order valence-electron chi connectivity index (χ1n) is 18.9. The van der Waals surface area contributed by atoms with Crippen molar-refractivity contribution in [1.82, 2.24) is 20.1 Å². The van der Waals surface area contributed by atoms with Gasteiger partial charge in [0, 0.05) is 52.9 Å². The summed E-state index contributed by atoms with van der Waals surface area (Å²) in [6.07, 6.45) is 3.38. The van der Waals surface area contributed by atoms with Crippen LogP contribution in [-0.2, 0) is 21.3 Å². The van der Waals surface area contributed by atoms with Gasteiger partial charge in [-0.3, -0.25) is 19.7 Å². The molecule has 0 bridgehead atoms. The van der Waals surface area contributed by atoms with Crippen LogP contribution in [0.15, 0.2) is 90.1 Å². The largest absolute Gasteiger partial charge is 0.493 e. The first-order valence-corrected chi connectivity index (χ1v) is 19.7. The number of aromatic nitrogens is 1. The smallest absolute Gasteiger partial charge is 0.326 e. The lowest BCUT2D eigenvalue weighted by Gasteiger charge is -2.47. The van der Waals surface area contributed by atoms with Gasteiger partial charge in [0.25, 0.3) is 0 Å². The van der Waals surface area contributed by atoms with Gasteiger partial charge in [0.2, 0.25) is 5.91 Å². The molecule has 0 radical (unpaired) electrons. The number of carbonyl (C=O) groups excluding carboxylic acids is 2. The van der Waals surface area contributed by atoms with Crippen LogP contribution >= 0.6 is 23.2 Å². The molecule has 8 nitrogen and oxygen atoms in total. The Morgan fingerprint density at radius 1 is 0.964 bits per heavy atom. The minimum atomic E-state index is -1.06. The fourth-order valence-corrected chi connectivity index (χ4v) is 8.00. The zero-order valence-electron chi connectivity index (χ0n) is 32.6. The number of amidine groups is 1. The lowest BCUT2D eigenvalue weighted by Crippen LogP contribution is -2.59. The molecule has 3 atom stereocenters. The summed E-state index contributed by atoms with van der Waals surface area (Å²) in [6.45, 7) is 15.5. The number of aliphatic imine (C=N–C) groups is 1. The molecule has 4 aromatic rings. The van der Waals surface area contributed by atoms with Crippen molar-refractivity contribution in [2.24, 2.45) is 10.9 Å². The van der Waals surface area contributed by atoms with Gasteiger partial charge in [-0.1, -0.05) is 80.4 Å². The molecule has 1 fully saturated rings. The predicted molar refractivity (Wildman–Crippen MR) is 217 cm³/mol. The Morgan fingerprint density at radius 2 is 1.58 bits per heavy atom. The Morgan fingerprint density at radius 3 is 2.16 bits per heavy atom. The SMILES string of the molecule is CCOc1cc(C(C)(C)C)ncc1C1=N[C@@](C)(c2ccc(Cl)cc2)[C@@](C)(c2ccc(Cl)cc2)N1C(=O)N1CCC(CC(=O)N[C@@H](C)c2cccc(F)c2)CC1. The summed E-state index contributed by atoms with van der Waals surface area (Å²) in [7, 11) is 0. The number of nitrogens with one attached hydrogen (secondary N) is 1. The van der Waals surface area contributed by atoms with Crippen LogP contribution in [0, 0.1) is 11.7 Å². The molecule has 1 saturated heterocycles. The van der Waals surface area contributed by atoms with Gasteiger partial charge in [0.15, 0.2) is 0 Å². The second-order valence-corrected chi connectivity index (χ2v) is 16.8. The summed E-state index contributed by atoms with van der Waals surface area (Å²) >= 11 is 12.8. The molecule has 3 heterocycles. The molecule has 55 heavy (non-hydrogen) atoms. The van der Waals surface area contributed by atoms with Crippen LogP contribution in [0.4, 0.5) is 9.18 Å². The van der Waals surface area contributed by atoms with Crippen molar-refractivity contribution in [3.05, 3.63) is 129 Å². The summed E-state index contributed by atoms with van der Waals surface area (Å²) in [5.74, 6) is 0.685. The monoisotopic (exact) mass is 785 g/mol. The molecule has 0 aliphatic carbocycles. The van der Waals surface area contributed by atoms with E-state index < -0.39 is 11.1 Å². The molecule has 11 heteroatoms. The molecule has 290 valence electrons. The molecule has 3 amide bonds. The zero-order chi connectivity index (χ0) is 39.7. The van der Waals surface area contributed by atoms with Gasteiger partial charge in [-0.2, -0.15) is 0 Å². The highest BCUT2D eigenvalue weighted by atomic mass is 35.5. The minimum Gasteiger partial charge on any atom is -0.493 e. The fraction of sp³-hybridized carbons (Fsp3) is 0.409. The van der Waals surface area contributed by atoms with Crippen LogP contribution in [0.5, 0.6) is 5.75 Å². The number of likely N-dealkylation sites (tertiary alicyclic amines) is 1. The lowest BCUT2D eigenvalue weighted by atomic mass is 9.71. The number of carbonyl (C=O) groups is 2. The van der Waals surface area contributed by atoms with Crippen molar-refractivity contribution >= 4 is 41.0 Å². The number of amides is 3. The number of halogens is 3. The van der Waals surface area contributed by atoms with Gasteiger partial charge >= 0.3 is 6.03 Å². The topological polar surface area (TPSA) is 87.1 Å². The highest BCUT2D eigenvalue weighted by Gasteiger charge is 2.60. The maximum absolute atomic E-state index is 15.3. The summed E-state index contributed by atoms with van der Waals surface area (Å²) in [4.78, 5) is 42.5. The third kappa shape index (κ3) is 8.10. The third-order valence-corrected chi connectivity index (χ3v) is 11.7. The number of piperidine rings is 1. The van der Waals surface area contributed by atoms with Gasteiger partial charge in [-0.25, -0.2) is 9.18 Å². The molecule has 0 saturated carbocycles. The number of benzene rings is 3. The molecule has 1 N–H and O–H groups in total. The Hall–Kier alpha value is -4.47. The van der Waals surface area contributed by atoms with Crippen LogP contribution < -0.4 is 10.1 Å². The first kappa shape index (κ1) is 40.2.